The van der Waals surface area contributed by atoms with Gasteiger partial charge in [0.1, 0.15) is 46.0 Å². The van der Waals surface area contributed by atoms with Crippen LogP contribution in [0.1, 0.15) is 149 Å². The minimum atomic E-state index is -0.575. The van der Waals surface area contributed by atoms with E-state index in [1.54, 1.807) is 24.3 Å². The van der Waals surface area contributed by atoms with Crippen LogP contribution in [-0.4, -0.2) is 40.9 Å². The third-order valence-corrected chi connectivity index (χ3v) is 10.5. The van der Waals surface area contributed by atoms with Crippen LogP contribution in [0.5, 0.6) is 46.0 Å². The molecule has 0 aliphatic heterocycles. The average molecular weight is 713 g/mol. The van der Waals surface area contributed by atoms with Gasteiger partial charge >= 0.3 is 0 Å². The van der Waals surface area contributed by atoms with E-state index in [9.17, 15) is 40.9 Å². The van der Waals surface area contributed by atoms with Crippen molar-refractivity contribution < 1.29 is 40.9 Å². The Morgan fingerprint density at radius 1 is 0.288 bits per heavy atom. The Bertz CT molecular complexity index is 1550. The fraction of sp³-hybridized carbons (Fsp3) is 0.455. The maximum Gasteiger partial charge on any atom is 0.123 e. The van der Waals surface area contributed by atoms with Gasteiger partial charge in [0.05, 0.1) is 0 Å². The molecular formula is C44H56O8. The highest BCUT2D eigenvalue weighted by atomic mass is 16.3. The van der Waals surface area contributed by atoms with Crippen LogP contribution in [0.15, 0.2) is 48.5 Å². The average Bonchev–Trinajstić information content (AvgIpc) is 3.01. The van der Waals surface area contributed by atoms with Crippen molar-refractivity contribution in [2.24, 2.45) is 23.7 Å². The second-order valence-electron chi connectivity index (χ2n) is 16.6. The lowest BCUT2D eigenvalue weighted by molar-refractivity contribution is 0.411. The molecule has 4 aromatic rings. The van der Waals surface area contributed by atoms with E-state index in [1.165, 1.54) is 24.3 Å². The predicted octanol–water partition coefficient (Wildman–Crippen LogP) is 10.4. The molecule has 8 N–H and O–H groups in total. The molecule has 0 atom stereocenters. The third-order valence-electron chi connectivity index (χ3n) is 10.5. The smallest absolute Gasteiger partial charge is 0.123 e. The summed E-state index contributed by atoms with van der Waals surface area (Å²) in [5.74, 6) is -3.12. The van der Waals surface area contributed by atoms with Crippen molar-refractivity contribution in [1.29, 1.82) is 0 Å². The van der Waals surface area contributed by atoms with Crippen LogP contribution in [-0.2, 0) is 0 Å². The zero-order valence-corrected chi connectivity index (χ0v) is 31.6. The van der Waals surface area contributed by atoms with Gasteiger partial charge in [0.2, 0.25) is 0 Å². The van der Waals surface area contributed by atoms with Crippen LogP contribution < -0.4 is 0 Å². The molecule has 8 bridgehead atoms. The van der Waals surface area contributed by atoms with Gasteiger partial charge in [0, 0.05) is 92.4 Å². The van der Waals surface area contributed by atoms with E-state index in [0.29, 0.717) is 70.2 Å². The molecule has 0 unspecified atom stereocenters. The molecule has 0 radical (unpaired) electrons. The van der Waals surface area contributed by atoms with E-state index < -0.39 is 23.7 Å². The number of rotatable bonds is 8. The summed E-state index contributed by atoms with van der Waals surface area (Å²) in [6.07, 6.45) is 2.00. The molecule has 0 heterocycles. The van der Waals surface area contributed by atoms with Gasteiger partial charge in [-0.3, -0.25) is 0 Å². The zero-order valence-electron chi connectivity index (χ0n) is 31.6. The first-order valence-corrected chi connectivity index (χ1v) is 18.6. The van der Waals surface area contributed by atoms with Crippen molar-refractivity contribution in [3.05, 3.63) is 93.0 Å². The molecule has 0 spiro atoms. The van der Waals surface area contributed by atoms with Gasteiger partial charge in [-0.05, 0) is 73.6 Å². The van der Waals surface area contributed by atoms with Crippen molar-refractivity contribution in [1.82, 2.24) is 0 Å². The highest BCUT2D eigenvalue weighted by Crippen LogP contribution is 2.52. The highest BCUT2D eigenvalue weighted by Gasteiger charge is 2.34. The van der Waals surface area contributed by atoms with Crippen molar-refractivity contribution >= 4 is 0 Å². The standard InChI is InChI=1S/C44H56O8/c1-21(2)9-25-29-13-31(39(47)17-37(29)45)26(10-22(3)4)33-15-35(43(51)19-41(33)49)28(12-24(7)8)36-16-34(42(50)20-44(36)52)27(11-23(5)6)32-14-30(25)38(46)18-40(32)48/h13-28,45-52H,9-12H2,1-8H3. The lowest BCUT2D eigenvalue weighted by Gasteiger charge is -2.30. The highest BCUT2D eigenvalue weighted by molar-refractivity contribution is 5.62. The summed E-state index contributed by atoms with van der Waals surface area (Å²) in [7, 11) is 0. The van der Waals surface area contributed by atoms with E-state index in [4.69, 9.17) is 0 Å². The molecule has 5 rings (SSSR count). The molecule has 8 heteroatoms. The van der Waals surface area contributed by atoms with Crippen molar-refractivity contribution in [3.63, 3.8) is 0 Å². The minimum Gasteiger partial charge on any atom is -0.508 e. The van der Waals surface area contributed by atoms with E-state index in [-0.39, 0.29) is 69.7 Å². The second kappa shape index (κ2) is 15.1. The zero-order chi connectivity index (χ0) is 38.3. The van der Waals surface area contributed by atoms with E-state index >= 15 is 0 Å². The summed E-state index contributed by atoms with van der Waals surface area (Å²) in [6, 6.07) is 12.3. The lowest BCUT2D eigenvalue weighted by atomic mass is 9.75. The van der Waals surface area contributed by atoms with Crippen LogP contribution in [0.4, 0.5) is 0 Å². The van der Waals surface area contributed by atoms with Crippen molar-refractivity contribution in [2.75, 3.05) is 0 Å². The fourth-order valence-corrected chi connectivity index (χ4v) is 8.25. The molecule has 1 aliphatic rings. The number of phenolic OH excluding ortho intramolecular Hbond substituents is 8. The molecule has 4 aromatic carbocycles. The number of aromatic hydroxyl groups is 8. The largest absolute Gasteiger partial charge is 0.508 e. The van der Waals surface area contributed by atoms with E-state index in [1.807, 2.05) is 55.4 Å². The molecule has 52 heavy (non-hydrogen) atoms. The predicted molar refractivity (Wildman–Crippen MR) is 204 cm³/mol. The SMILES string of the molecule is CC(C)CC1c2cc(c(O)cc2O)C(CC(C)C)c2cc(c(O)cc2O)C(CC(C)C)c2cc(c(O)cc2O)C(CC(C)C)c2cc1c(O)cc2O. The van der Waals surface area contributed by atoms with Gasteiger partial charge in [-0.25, -0.2) is 0 Å². The van der Waals surface area contributed by atoms with Gasteiger partial charge in [-0.1, -0.05) is 55.4 Å². The Kier molecular flexibility index (Phi) is 11.2. The fourth-order valence-electron chi connectivity index (χ4n) is 8.25. The van der Waals surface area contributed by atoms with Crippen molar-refractivity contribution in [2.45, 2.75) is 105 Å². The molecule has 0 aromatic heterocycles. The summed E-state index contributed by atoms with van der Waals surface area (Å²) in [5.41, 5.74) is 3.78. The van der Waals surface area contributed by atoms with Gasteiger partial charge in [-0.15, -0.1) is 0 Å². The molecule has 0 amide bonds. The molecule has 0 saturated carbocycles. The van der Waals surface area contributed by atoms with Crippen LogP contribution in [0.2, 0.25) is 0 Å². The maximum atomic E-state index is 11.5. The third kappa shape index (κ3) is 7.71. The second-order valence-corrected chi connectivity index (χ2v) is 16.6. The molecule has 0 fully saturated rings. The first-order valence-electron chi connectivity index (χ1n) is 18.6. The maximum absolute atomic E-state index is 11.5. The molecule has 280 valence electrons. The first kappa shape index (κ1) is 38.5. The van der Waals surface area contributed by atoms with Crippen LogP contribution in [0, 0.1) is 23.7 Å². The van der Waals surface area contributed by atoms with Crippen LogP contribution in [0.25, 0.3) is 0 Å². The van der Waals surface area contributed by atoms with Gasteiger partial charge in [0.15, 0.2) is 0 Å². The Morgan fingerprint density at radius 3 is 0.538 bits per heavy atom. The summed E-state index contributed by atoms with van der Waals surface area (Å²) in [6.45, 7) is 16.3. The number of benzene rings is 4. The number of fused-ring (bicyclic) bond motifs is 8. The van der Waals surface area contributed by atoms with Gasteiger partial charge in [0.25, 0.3) is 0 Å². The summed E-state index contributed by atoms with van der Waals surface area (Å²) in [5, 5.41) is 92.1. The molecular weight excluding hydrogens is 656 g/mol. The molecule has 8 nitrogen and oxygen atoms in total. The first-order chi connectivity index (χ1) is 24.4. The minimum absolute atomic E-state index is 0.104. The molecule has 0 saturated heterocycles. The van der Waals surface area contributed by atoms with E-state index in [2.05, 4.69) is 0 Å². The number of phenols is 8. The number of hydrogen-bond donors (Lipinski definition) is 8. The topological polar surface area (TPSA) is 162 Å². The number of hydrogen-bond acceptors (Lipinski definition) is 8. The Hall–Kier alpha value is -4.72. The summed E-state index contributed by atoms with van der Waals surface area (Å²) < 4.78 is 0. The van der Waals surface area contributed by atoms with Gasteiger partial charge < -0.3 is 40.9 Å². The normalized spacial score (nSPS) is 18.8. The summed E-state index contributed by atoms with van der Waals surface area (Å²) >= 11 is 0. The lowest BCUT2D eigenvalue weighted by Crippen LogP contribution is -2.13. The van der Waals surface area contributed by atoms with Gasteiger partial charge in [-0.2, -0.15) is 0 Å². The van der Waals surface area contributed by atoms with E-state index in [0.717, 1.165) is 0 Å². The Morgan fingerprint density at radius 2 is 0.423 bits per heavy atom. The van der Waals surface area contributed by atoms with Crippen molar-refractivity contribution in [3.8, 4) is 46.0 Å². The van der Waals surface area contributed by atoms with Crippen LogP contribution in [0.3, 0.4) is 0 Å². The van der Waals surface area contributed by atoms with Crippen LogP contribution >= 0.6 is 0 Å². The Balaban J connectivity index is 2.00. The summed E-state index contributed by atoms with van der Waals surface area (Å²) in [4.78, 5) is 0. The quantitative estimate of drug-likeness (QED) is 0.0895. The molecule has 1 aliphatic carbocycles. The Labute approximate surface area is 307 Å². The monoisotopic (exact) mass is 712 g/mol.